The van der Waals surface area contributed by atoms with Crippen molar-refractivity contribution in [2.24, 2.45) is 0 Å². The molecule has 0 amide bonds. The molecule has 0 heterocycles. The summed E-state index contributed by atoms with van der Waals surface area (Å²) in [6, 6.07) is 0. The van der Waals surface area contributed by atoms with Crippen LogP contribution in [0.2, 0.25) is 0 Å². The van der Waals surface area contributed by atoms with Gasteiger partial charge in [-0.3, -0.25) is 0 Å². The quantitative estimate of drug-likeness (QED) is 0.310. The van der Waals surface area contributed by atoms with Crippen LogP contribution in [0.3, 0.4) is 0 Å². The van der Waals surface area contributed by atoms with Gasteiger partial charge in [0, 0.05) is 0 Å². The zero-order valence-electron chi connectivity index (χ0n) is 3.97. The Morgan fingerprint density at radius 2 is 1.80 bits per heavy atom. The van der Waals surface area contributed by atoms with Crippen molar-refractivity contribution in [3.8, 4) is 0 Å². The van der Waals surface area contributed by atoms with Crippen molar-refractivity contribution in [2.75, 3.05) is 0 Å². The van der Waals surface area contributed by atoms with Crippen molar-refractivity contribution < 1.29 is 24.9 Å². The van der Waals surface area contributed by atoms with Crippen molar-refractivity contribution in [1.82, 2.24) is 0 Å². The molecule has 0 aromatic carbocycles. The van der Waals surface area contributed by atoms with E-state index in [0.717, 1.165) is 0 Å². The summed E-state index contributed by atoms with van der Waals surface area (Å²) in [4.78, 5) is 0. The third-order valence-electron chi connectivity index (χ3n) is 0. The van der Waals surface area contributed by atoms with Crippen LogP contribution in [0.4, 0.5) is 0 Å². The molecule has 0 aromatic rings. The first-order valence-corrected chi connectivity index (χ1v) is 2.19. The summed E-state index contributed by atoms with van der Waals surface area (Å²) in [6.07, 6.45) is 0. The molecule has 0 bridgehead atoms. The second kappa shape index (κ2) is 16.9. The minimum absolute atomic E-state index is 0. The van der Waals surface area contributed by atoms with E-state index < -0.39 is 0 Å². The van der Waals surface area contributed by atoms with E-state index in [1.807, 2.05) is 0 Å². The van der Waals surface area contributed by atoms with Gasteiger partial charge in [-0.25, -0.2) is 0 Å². The molecule has 0 spiro atoms. The van der Waals surface area contributed by atoms with Gasteiger partial charge in [-0.2, -0.15) is 0 Å². The molecular formula is H3LiOPSSn+. The Balaban J connectivity index is -0.00000000667. The molecule has 0 aromatic heterocycles. The Kier molecular flexibility index (Phi) is 53.6. The molecule has 2 radical (unpaired) electrons. The van der Waals surface area contributed by atoms with Crippen LogP contribution >= 0.6 is 7.24 Å². The summed E-state index contributed by atoms with van der Waals surface area (Å²) in [5.74, 6) is 0. The van der Waals surface area contributed by atoms with Crippen LogP contribution in [-0.4, -0.2) is 23.9 Å². The predicted molar refractivity (Wildman–Crippen MR) is 24.6 cm³/mol. The van der Waals surface area contributed by atoms with E-state index in [9.17, 15) is 0 Å². The fraction of sp³-hybridized carbons (Fsp3) is 0. The summed E-state index contributed by atoms with van der Waals surface area (Å²) < 4.78 is 8.72. The van der Waals surface area contributed by atoms with Crippen molar-refractivity contribution in [3.63, 3.8) is 0 Å². The molecular weight excluding hydrogens is 205 g/mol. The summed E-state index contributed by atoms with van der Waals surface area (Å²) in [6.45, 7) is 0. The first-order chi connectivity index (χ1) is 1.41. The van der Waals surface area contributed by atoms with Gasteiger partial charge in [-0.05, 0) is 0 Å². The topological polar surface area (TPSA) is 17.1 Å². The minimum atomic E-state index is -0.250. The third-order valence-corrected chi connectivity index (χ3v) is 0. The van der Waals surface area contributed by atoms with E-state index in [-0.39, 0.29) is 51.4 Å². The van der Waals surface area contributed by atoms with Gasteiger partial charge in [-0.1, -0.05) is 0 Å². The molecule has 5 heavy (non-hydrogen) atoms. The third kappa shape index (κ3) is 25.4. The van der Waals surface area contributed by atoms with Gasteiger partial charge in [0.25, 0.3) is 0 Å². The molecule has 0 aliphatic carbocycles. The van der Waals surface area contributed by atoms with Gasteiger partial charge in [-0.15, -0.1) is 0 Å². The van der Waals surface area contributed by atoms with Gasteiger partial charge in [0.2, 0.25) is 0 Å². The van der Waals surface area contributed by atoms with Gasteiger partial charge >= 0.3 is 66.4 Å². The molecule has 0 atom stereocenters. The Hall–Kier alpha value is 1.85. The van der Waals surface area contributed by atoms with Gasteiger partial charge < -0.3 is 1.43 Å². The summed E-state index contributed by atoms with van der Waals surface area (Å²) in [5, 5.41) is 0. The van der Waals surface area contributed by atoms with Gasteiger partial charge in [0.15, 0.2) is 0 Å². The average Bonchev–Trinajstić information content (AvgIpc) is 0.918. The number of hydrogen-bond acceptors (Lipinski definition) is 2. The molecule has 0 rings (SSSR count). The SMILES string of the molecule is O=[P+]=S.[H-].[Li+].[SnH2]. The van der Waals surface area contributed by atoms with Crippen molar-refractivity contribution in [1.29, 1.82) is 0 Å². The molecule has 0 fully saturated rings. The van der Waals surface area contributed by atoms with Crippen LogP contribution in [0.25, 0.3) is 0 Å². The van der Waals surface area contributed by atoms with Crippen LogP contribution in [-0.2, 0) is 16.4 Å². The van der Waals surface area contributed by atoms with E-state index >= 15 is 0 Å². The molecule has 24 valence electrons. The maximum absolute atomic E-state index is 8.72. The Labute approximate surface area is 67.4 Å². The zero-order chi connectivity index (χ0) is 2.71. The van der Waals surface area contributed by atoms with E-state index in [0.29, 0.717) is 0 Å². The molecule has 0 N–H and O–H groups in total. The van der Waals surface area contributed by atoms with Gasteiger partial charge in [0.1, 0.15) is 0 Å². The van der Waals surface area contributed by atoms with Crippen molar-refractivity contribution in [2.45, 2.75) is 0 Å². The second-order valence-corrected chi connectivity index (χ2v) is 0.671. The van der Waals surface area contributed by atoms with Crippen LogP contribution < -0.4 is 18.9 Å². The maximum atomic E-state index is 8.72. The number of rotatable bonds is 0. The van der Waals surface area contributed by atoms with Crippen molar-refractivity contribution >= 4 is 42.9 Å². The number of hydrogen-bond donors (Lipinski definition) is 0. The Morgan fingerprint density at radius 3 is 1.80 bits per heavy atom. The first kappa shape index (κ1) is 15.8. The summed E-state index contributed by atoms with van der Waals surface area (Å²) in [5.41, 5.74) is 0. The summed E-state index contributed by atoms with van der Waals surface area (Å²) >= 11 is 3.81. The van der Waals surface area contributed by atoms with E-state index in [4.69, 9.17) is 4.57 Å². The predicted octanol–water partition coefficient (Wildman–Crippen LogP) is -3.06. The zero-order valence-corrected chi connectivity index (χ0v) is 8.72. The molecule has 0 aliphatic rings. The first-order valence-electron chi connectivity index (χ1n) is 0.365. The standard InChI is InChI=1S/Li.OPS.Sn.3H/c;1-2-3;;;;/q2*+1;;;;-1. The Bertz CT molecular complexity index is 36.5. The van der Waals surface area contributed by atoms with Crippen LogP contribution in [0.1, 0.15) is 1.43 Å². The fourth-order valence-corrected chi connectivity index (χ4v) is 0. The van der Waals surface area contributed by atoms with E-state index in [2.05, 4.69) is 11.8 Å². The van der Waals surface area contributed by atoms with Gasteiger partial charge in [0.05, 0.1) is 0 Å². The monoisotopic (exact) mass is 209 g/mol. The molecule has 0 saturated heterocycles. The fourth-order valence-electron chi connectivity index (χ4n) is 0. The van der Waals surface area contributed by atoms with E-state index in [1.54, 1.807) is 0 Å². The summed E-state index contributed by atoms with van der Waals surface area (Å²) in [7, 11) is -0.250. The van der Waals surface area contributed by atoms with Crippen molar-refractivity contribution in [3.05, 3.63) is 0 Å². The molecule has 1 nitrogen and oxygen atoms in total. The molecule has 0 unspecified atom stereocenters. The van der Waals surface area contributed by atoms with Crippen LogP contribution in [0.15, 0.2) is 0 Å². The second-order valence-electron chi connectivity index (χ2n) is 0.0745. The normalized spacial score (nSPS) is 2.40. The molecule has 0 saturated carbocycles. The Morgan fingerprint density at radius 1 is 1.80 bits per heavy atom. The van der Waals surface area contributed by atoms with Crippen LogP contribution in [0, 0.1) is 0 Å². The van der Waals surface area contributed by atoms with Crippen LogP contribution in [0.5, 0.6) is 0 Å². The molecule has 5 heteroatoms. The average molecular weight is 208 g/mol. The molecule has 0 aliphatic heterocycles. The van der Waals surface area contributed by atoms with E-state index in [1.165, 1.54) is 0 Å².